The van der Waals surface area contributed by atoms with E-state index in [-0.39, 0.29) is 25.2 Å². The van der Waals surface area contributed by atoms with Crippen molar-refractivity contribution in [3.05, 3.63) is 34.0 Å². The molecule has 2 aliphatic heterocycles. The Balaban J connectivity index is 2.00. The van der Waals surface area contributed by atoms with Gasteiger partial charge in [0.15, 0.2) is 0 Å². The van der Waals surface area contributed by atoms with Crippen LogP contribution >= 0.6 is 32.9 Å². The number of nitrogens with one attached hydrogen (secondary N) is 3. The molecule has 2 bridgehead atoms. The molecule has 0 aliphatic carbocycles. The van der Waals surface area contributed by atoms with E-state index in [1.54, 1.807) is 28.2 Å². The average molecular weight is 584 g/mol. The molecule has 1 fully saturated rings. The first-order chi connectivity index (χ1) is 18.2. The fourth-order valence-electron chi connectivity index (χ4n) is 4.35. The Kier molecular flexibility index (Phi) is 12.0. The molecule has 0 unspecified atom stereocenters. The molecular formula is C26H37N3O6S3. The normalized spacial score (nSPS) is 29.2. The highest BCUT2D eigenvalue weighted by atomic mass is 33.1. The van der Waals surface area contributed by atoms with Crippen LogP contribution in [0, 0.1) is 5.92 Å². The summed E-state index contributed by atoms with van der Waals surface area (Å²) in [5, 5.41) is 21.3. The zero-order chi connectivity index (χ0) is 27.7. The van der Waals surface area contributed by atoms with Crippen molar-refractivity contribution in [3.8, 4) is 0 Å². The first-order valence-electron chi connectivity index (χ1n) is 12.9. The molecule has 12 heteroatoms. The number of allylic oxidation sites excluding steroid dienone is 1. The third kappa shape index (κ3) is 9.03. The maximum atomic E-state index is 13.5. The Bertz CT molecular complexity index is 1010. The van der Waals surface area contributed by atoms with Crippen molar-refractivity contribution < 1.29 is 29.0 Å². The highest BCUT2D eigenvalue weighted by molar-refractivity contribution is 8.76. The minimum absolute atomic E-state index is 0.164. The molecule has 1 aromatic rings. The monoisotopic (exact) mass is 583 g/mol. The van der Waals surface area contributed by atoms with E-state index < -0.39 is 54.0 Å². The number of fused-ring (bicyclic) bond motifs is 7. The number of aryl methyl sites for hydroxylation is 1. The van der Waals surface area contributed by atoms with Gasteiger partial charge in [-0.15, -0.1) is 11.3 Å². The van der Waals surface area contributed by atoms with Crippen LogP contribution in [0.3, 0.4) is 0 Å². The molecule has 0 saturated carbocycles. The zero-order valence-corrected chi connectivity index (χ0v) is 24.4. The van der Waals surface area contributed by atoms with Crippen molar-refractivity contribution in [1.82, 2.24) is 16.0 Å². The van der Waals surface area contributed by atoms with Gasteiger partial charge in [0.25, 0.3) is 0 Å². The Morgan fingerprint density at radius 2 is 1.87 bits per heavy atom. The number of aliphatic hydroxyl groups is 1. The SMILES string of the molecule is CCc1sccc1C[C@H]1NC(=O)C[C@H]2/C=C/CCSSC[C@@H](NC1=O)C(=O)N[C@H](C(C)C)[C@@H](O)CC(=O)O2. The lowest BCUT2D eigenvalue weighted by Gasteiger charge is -2.29. The predicted octanol–water partition coefficient (Wildman–Crippen LogP) is 2.37. The van der Waals surface area contributed by atoms with E-state index >= 15 is 0 Å². The summed E-state index contributed by atoms with van der Waals surface area (Å²) in [7, 11) is 3.04. The van der Waals surface area contributed by atoms with Crippen molar-refractivity contribution >= 4 is 56.6 Å². The third-order valence-electron chi connectivity index (χ3n) is 6.39. The molecular weight excluding hydrogens is 547 g/mol. The number of hydrogen-bond donors (Lipinski definition) is 4. The Hall–Kier alpha value is -2.02. The second-order valence-corrected chi connectivity index (χ2v) is 13.3. The predicted molar refractivity (Wildman–Crippen MR) is 152 cm³/mol. The Labute approximate surface area is 235 Å². The van der Waals surface area contributed by atoms with Crippen molar-refractivity contribution in [2.75, 3.05) is 11.5 Å². The summed E-state index contributed by atoms with van der Waals surface area (Å²) >= 11 is 1.59. The number of amides is 3. The number of carbonyl (C=O) groups is 4. The van der Waals surface area contributed by atoms with Crippen molar-refractivity contribution in [3.63, 3.8) is 0 Å². The zero-order valence-electron chi connectivity index (χ0n) is 21.9. The largest absolute Gasteiger partial charge is 0.457 e. The molecule has 1 saturated heterocycles. The minimum Gasteiger partial charge on any atom is -0.457 e. The van der Waals surface area contributed by atoms with E-state index in [9.17, 15) is 24.3 Å². The van der Waals surface area contributed by atoms with Gasteiger partial charge in [-0.1, -0.05) is 48.4 Å². The number of ether oxygens (including phenoxy) is 1. The van der Waals surface area contributed by atoms with Crippen LogP contribution in [0.4, 0.5) is 0 Å². The number of carbonyl (C=O) groups excluding carboxylic acids is 4. The maximum Gasteiger partial charge on any atom is 0.309 e. The summed E-state index contributed by atoms with van der Waals surface area (Å²) < 4.78 is 5.57. The topological polar surface area (TPSA) is 134 Å². The molecule has 0 radical (unpaired) electrons. The molecule has 5 atom stereocenters. The first kappa shape index (κ1) is 30.5. The van der Waals surface area contributed by atoms with Crippen LogP contribution in [-0.2, 0) is 36.8 Å². The Morgan fingerprint density at radius 3 is 2.61 bits per heavy atom. The van der Waals surface area contributed by atoms with E-state index in [1.165, 1.54) is 10.8 Å². The van der Waals surface area contributed by atoms with Gasteiger partial charge in [0.1, 0.15) is 18.2 Å². The van der Waals surface area contributed by atoms with Crippen LogP contribution in [0.5, 0.6) is 0 Å². The fourth-order valence-corrected chi connectivity index (χ4v) is 7.38. The van der Waals surface area contributed by atoms with E-state index in [1.807, 2.05) is 38.3 Å². The average Bonchev–Trinajstić information content (AvgIpc) is 3.30. The van der Waals surface area contributed by atoms with Gasteiger partial charge >= 0.3 is 5.97 Å². The molecule has 210 valence electrons. The van der Waals surface area contributed by atoms with Crippen LogP contribution in [-0.4, -0.2) is 70.6 Å². The second kappa shape index (κ2) is 14.9. The number of aliphatic hydroxyl groups excluding tert-OH is 1. The molecule has 2 aliphatic rings. The molecule has 0 spiro atoms. The fraction of sp³-hybridized carbons (Fsp3) is 0.615. The molecule has 4 N–H and O–H groups in total. The molecule has 3 amide bonds. The summed E-state index contributed by atoms with van der Waals surface area (Å²) in [6, 6.07) is -0.601. The molecule has 3 rings (SSSR count). The standard InChI is InChI=1S/C26H37N3O6S3/c1-4-21-16(8-10-36-21)11-18-25(33)28-19-14-38-37-9-6-5-7-17(12-22(31)27-18)35-23(32)13-20(30)24(15(2)3)29-26(19)34/h5,7-8,10,15,17-20,24,30H,4,6,9,11-14H2,1-3H3,(H,27,31)(H,28,33)(H,29,34)/b7-5+/t17-,18-,19-,20+,24-/m1/s1. The van der Waals surface area contributed by atoms with Gasteiger partial charge in [-0.25, -0.2) is 0 Å². The number of esters is 1. The van der Waals surface area contributed by atoms with E-state index in [0.717, 1.165) is 22.6 Å². The van der Waals surface area contributed by atoms with Gasteiger partial charge in [0.2, 0.25) is 17.7 Å². The lowest BCUT2D eigenvalue weighted by molar-refractivity contribution is -0.151. The molecule has 38 heavy (non-hydrogen) atoms. The van der Waals surface area contributed by atoms with Gasteiger partial charge in [0, 0.05) is 22.8 Å². The maximum absolute atomic E-state index is 13.5. The minimum atomic E-state index is -1.19. The Morgan fingerprint density at radius 1 is 1.08 bits per heavy atom. The molecule has 0 aromatic carbocycles. The lowest BCUT2D eigenvalue weighted by Crippen LogP contribution is -2.58. The second-order valence-electron chi connectivity index (χ2n) is 9.71. The number of hydrogen-bond acceptors (Lipinski definition) is 9. The quantitative estimate of drug-likeness (QED) is 0.241. The van der Waals surface area contributed by atoms with Crippen molar-refractivity contribution in [2.45, 2.75) is 83.2 Å². The third-order valence-corrected chi connectivity index (χ3v) is 9.95. The number of rotatable bonds is 4. The number of thiophene rings is 1. The van der Waals surface area contributed by atoms with Gasteiger partial charge < -0.3 is 25.8 Å². The van der Waals surface area contributed by atoms with Crippen LogP contribution in [0.25, 0.3) is 0 Å². The van der Waals surface area contributed by atoms with E-state index in [2.05, 4.69) is 16.0 Å². The van der Waals surface area contributed by atoms with Gasteiger partial charge in [-0.05, 0) is 41.8 Å². The summed E-state index contributed by atoms with van der Waals surface area (Å²) in [5.74, 6) is -1.18. The van der Waals surface area contributed by atoms with E-state index in [4.69, 9.17) is 4.74 Å². The molecule has 3 heterocycles. The first-order valence-corrected chi connectivity index (χ1v) is 16.3. The van der Waals surface area contributed by atoms with Crippen molar-refractivity contribution in [2.24, 2.45) is 5.92 Å². The molecule has 9 nitrogen and oxygen atoms in total. The summed E-state index contributed by atoms with van der Waals surface area (Å²) in [5.41, 5.74) is 0.964. The van der Waals surface area contributed by atoms with Gasteiger partial charge in [-0.2, -0.15) is 0 Å². The lowest BCUT2D eigenvalue weighted by atomic mass is 9.96. The summed E-state index contributed by atoms with van der Waals surface area (Å²) in [4.78, 5) is 53.9. The summed E-state index contributed by atoms with van der Waals surface area (Å²) in [6.07, 6.45) is 2.76. The molecule has 1 aromatic heterocycles. The van der Waals surface area contributed by atoms with Gasteiger partial charge in [0.05, 0.1) is 25.0 Å². The summed E-state index contributed by atoms with van der Waals surface area (Å²) in [6.45, 7) is 5.70. The van der Waals surface area contributed by atoms with Crippen molar-refractivity contribution in [1.29, 1.82) is 0 Å². The van der Waals surface area contributed by atoms with Crippen LogP contribution in [0.2, 0.25) is 0 Å². The van der Waals surface area contributed by atoms with E-state index in [0.29, 0.717) is 12.2 Å². The van der Waals surface area contributed by atoms with Crippen LogP contribution < -0.4 is 16.0 Å². The van der Waals surface area contributed by atoms with Crippen LogP contribution in [0.15, 0.2) is 23.6 Å². The van der Waals surface area contributed by atoms with Gasteiger partial charge in [-0.3, -0.25) is 19.2 Å². The highest BCUT2D eigenvalue weighted by Gasteiger charge is 2.33. The highest BCUT2D eigenvalue weighted by Crippen LogP contribution is 2.24. The van der Waals surface area contributed by atoms with Crippen LogP contribution in [0.1, 0.15) is 50.5 Å². The smallest absolute Gasteiger partial charge is 0.309 e.